The van der Waals surface area contributed by atoms with Crippen LogP contribution in [0, 0.1) is 0 Å². The van der Waals surface area contributed by atoms with Crippen molar-refractivity contribution in [3.8, 4) is 5.75 Å². The third kappa shape index (κ3) is 4.11. The molecule has 3 aromatic carbocycles. The summed E-state index contributed by atoms with van der Waals surface area (Å²) in [6.07, 6.45) is 0. The summed E-state index contributed by atoms with van der Waals surface area (Å²) in [7, 11) is -3.75. The summed E-state index contributed by atoms with van der Waals surface area (Å²) in [4.78, 5) is 11.4. The highest BCUT2D eigenvalue weighted by molar-refractivity contribution is 7.91. The number of anilines is 1. The highest BCUT2D eigenvalue weighted by Crippen LogP contribution is 2.27. The zero-order valence-electron chi connectivity index (χ0n) is 14.5. The molecule has 8 heteroatoms. The maximum absolute atomic E-state index is 13.0. The highest BCUT2D eigenvalue weighted by atomic mass is 35.5. The number of phenols is 1. The Bertz CT molecular complexity index is 1130. The molecule has 28 heavy (non-hydrogen) atoms. The van der Waals surface area contributed by atoms with Gasteiger partial charge in [0.1, 0.15) is 11.3 Å². The van der Waals surface area contributed by atoms with Crippen LogP contribution in [0.2, 0.25) is 5.02 Å². The monoisotopic (exact) mass is 417 g/mol. The van der Waals surface area contributed by atoms with Crippen LogP contribution in [0.4, 0.5) is 5.69 Å². The summed E-state index contributed by atoms with van der Waals surface area (Å²) in [6.45, 7) is 0.146. The maximum atomic E-state index is 13.0. The Labute approximate surface area is 167 Å². The fourth-order valence-electron chi connectivity index (χ4n) is 2.67. The van der Waals surface area contributed by atoms with Crippen LogP contribution in [-0.2, 0) is 16.4 Å². The van der Waals surface area contributed by atoms with Gasteiger partial charge in [0, 0.05) is 17.3 Å². The van der Waals surface area contributed by atoms with Gasteiger partial charge in [-0.15, -0.1) is 0 Å². The molecule has 0 saturated carbocycles. The van der Waals surface area contributed by atoms with Crippen LogP contribution in [-0.4, -0.2) is 24.6 Å². The second kappa shape index (κ2) is 7.92. The van der Waals surface area contributed by atoms with E-state index in [1.54, 1.807) is 18.2 Å². The van der Waals surface area contributed by atoms with E-state index in [2.05, 4.69) is 5.32 Å². The first-order chi connectivity index (χ1) is 13.3. The summed E-state index contributed by atoms with van der Waals surface area (Å²) in [5, 5.41) is 22.1. The summed E-state index contributed by atoms with van der Waals surface area (Å²) < 4.78 is 26.0. The lowest BCUT2D eigenvalue weighted by Gasteiger charge is -2.13. The average molecular weight is 418 g/mol. The van der Waals surface area contributed by atoms with Gasteiger partial charge in [0.15, 0.2) is 0 Å². The van der Waals surface area contributed by atoms with Crippen molar-refractivity contribution in [3.63, 3.8) is 0 Å². The predicted molar refractivity (Wildman–Crippen MR) is 106 cm³/mol. The van der Waals surface area contributed by atoms with Gasteiger partial charge in [-0.1, -0.05) is 29.8 Å². The first kappa shape index (κ1) is 19.7. The number of hydrogen-bond acceptors (Lipinski definition) is 5. The molecule has 0 fully saturated rings. The summed E-state index contributed by atoms with van der Waals surface area (Å²) >= 11 is 5.84. The Morgan fingerprint density at radius 2 is 1.68 bits per heavy atom. The molecule has 3 aromatic rings. The van der Waals surface area contributed by atoms with Crippen LogP contribution in [0.1, 0.15) is 15.9 Å². The Hall–Kier alpha value is -3.03. The van der Waals surface area contributed by atoms with Gasteiger partial charge < -0.3 is 15.5 Å². The van der Waals surface area contributed by atoms with E-state index in [1.807, 2.05) is 0 Å². The molecule has 0 unspecified atom stereocenters. The molecule has 6 nitrogen and oxygen atoms in total. The second-order valence-corrected chi connectivity index (χ2v) is 8.31. The third-order valence-electron chi connectivity index (χ3n) is 4.10. The first-order valence-corrected chi connectivity index (χ1v) is 10.0. The molecule has 3 rings (SSSR count). The number of hydrogen-bond donors (Lipinski definition) is 3. The number of rotatable bonds is 6. The van der Waals surface area contributed by atoms with E-state index < -0.39 is 15.8 Å². The van der Waals surface area contributed by atoms with Crippen molar-refractivity contribution < 1.29 is 23.4 Å². The van der Waals surface area contributed by atoms with E-state index in [0.29, 0.717) is 16.3 Å². The number of sulfone groups is 1. The van der Waals surface area contributed by atoms with E-state index in [-0.39, 0.29) is 27.6 Å². The zero-order chi connectivity index (χ0) is 20.3. The van der Waals surface area contributed by atoms with Gasteiger partial charge in [-0.2, -0.15) is 0 Å². The van der Waals surface area contributed by atoms with Gasteiger partial charge in [-0.05, 0) is 54.1 Å². The van der Waals surface area contributed by atoms with Gasteiger partial charge in [0.25, 0.3) is 0 Å². The molecule has 0 saturated heterocycles. The van der Waals surface area contributed by atoms with E-state index >= 15 is 0 Å². The van der Waals surface area contributed by atoms with Crippen molar-refractivity contribution >= 4 is 33.1 Å². The van der Waals surface area contributed by atoms with Crippen LogP contribution in [0.5, 0.6) is 5.75 Å². The molecule has 144 valence electrons. The molecule has 0 atom stereocenters. The van der Waals surface area contributed by atoms with E-state index in [4.69, 9.17) is 16.7 Å². The van der Waals surface area contributed by atoms with Gasteiger partial charge in [0.2, 0.25) is 9.84 Å². The van der Waals surface area contributed by atoms with E-state index in [0.717, 1.165) is 0 Å². The van der Waals surface area contributed by atoms with Crippen molar-refractivity contribution in [1.29, 1.82) is 0 Å². The molecule has 0 bridgehead atoms. The molecule has 0 aromatic heterocycles. The minimum atomic E-state index is -3.75. The van der Waals surface area contributed by atoms with Gasteiger partial charge in [0.05, 0.1) is 9.79 Å². The molecule has 0 aliphatic heterocycles. The Morgan fingerprint density at radius 3 is 2.36 bits per heavy atom. The fraction of sp³-hybridized carbons (Fsp3) is 0.0500. The molecule has 0 heterocycles. The standard InChI is InChI=1S/C20H16ClNO5S/c21-14-5-8-16(9-6-14)28(26,27)19-4-2-1-3-13(19)12-22-15-7-10-18(23)17(11-15)20(24)25/h1-11,22-23H,12H2,(H,24,25). The fourth-order valence-corrected chi connectivity index (χ4v) is 4.28. The number of carbonyl (C=O) groups is 1. The molecule has 3 N–H and O–H groups in total. The Morgan fingerprint density at radius 1 is 1.00 bits per heavy atom. The third-order valence-corrected chi connectivity index (χ3v) is 6.22. The summed E-state index contributed by atoms with van der Waals surface area (Å²) in [5.74, 6) is -1.60. The molecule has 0 aliphatic rings. The van der Waals surface area contributed by atoms with Crippen LogP contribution < -0.4 is 5.32 Å². The highest BCUT2D eigenvalue weighted by Gasteiger charge is 2.21. The molecular formula is C20H16ClNO5S. The summed E-state index contributed by atoms with van der Waals surface area (Å²) in [5.41, 5.74) is 0.711. The average Bonchev–Trinajstić information content (AvgIpc) is 2.67. The van der Waals surface area contributed by atoms with Crippen molar-refractivity contribution in [2.75, 3.05) is 5.32 Å². The number of aromatic hydroxyl groups is 1. The lowest BCUT2D eigenvalue weighted by Crippen LogP contribution is -2.09. The quantitative estimate of drug-likeness (QED) is 0.519. The predicted octanol–water partition coefficient (Wildman–Crippen LogP) is 4.19. The molecule has 0 amide bonds. The molecular weight excluding hydrogens is 402 g/mol. The largest absolute Gasteiger partial charge is 0.507 e. The minimum absolute atomic E-state index is 0.127. The molecule has 0 radical (unpaired) electrons. The second-order valence-electron chi connectivity index (χ2n) is 5.96. The van der Waals surface area contributed by atoms with E-state index in [1.165, 1.54) is 48.5 Å². The van der Waals surface area contributed by atoms with Crippen molar-refractivity contribution in [3.05, 3.63) is 82.9 Å². The van der Waals surface area contributed by atoms with Crippen LogP contribution in [0.25, 0.3) is 0 Å². The smallest absolute Gasteiger partial charge is 0.339 e. The number of carboxylic acids is 1. The lowest BCUT2D eigenvalue weighted by molar-refractivity contribution is 0.0694. The summed E-state index contributed by atoms with van der Waals surface area (Å²) in [6, 6.07) is 16.5. The van der Waals surface area contributed by atoms with Crippen LogP contribution >= 0.6 is 11.6 Å². The number of benzene rings is 3. The van der Waals surface area contributed by atoms with Gasteiger partial charge in [-0.25, -0.2) is 13.2 Å². The minimum Gasteiger partial charge on any atom is -0.507 e. The van der Waals surface area contributed by atoms with Crippen LogP contribution in [0.3, 0.4) is 0 Å². The lowest BCUT2D eigenvalue weighted by atomic mass is 10.1. The zero-order valence-corrected chi connectivity index (χ0v) is 16.0. The topological polar surface area (TPSA) is 104 Å². The van der Waals surface area contributed by atoms with Crippen molar-refractivity contribution in [1.82, 2.24) is 0 Å². The number of carboxylic acid groups (broad SMARTS) is 1. The molecule has 0 spiro atoms. The Kier molecular flexibility index (Phi) is 5.58. The van der Waals surface area contributed by atoms with Gasteiger partial charge >= 0.3 is 5.97 Å². The van der Waals surface area contributed by atoms with E-state index in [9.17, 15) is 18.3 Å². The Balaban J connectivity index is 1.90. The van der Waals surface area contributed by atoms with Crippen molar-refractivity contribution in [2.45, 2.75) is 16.3 Å². The number of nitrogens with one attached hydrogen (secondary N) is 1. The van der Waals surface area contributed by atoms with Gasteiger partial charge in [-0.3, -0.25) is 0 Å². The molecule has 0 aliphatic carbocycles. The number of aromatic carboxylic acids is 1. The number of halogens is 1. The van der Waals surface area contributed by atoms with Crippen LogP contribution in [0.15, 0.2) is 76.5 Å². The maximum Gasteiger partial charge on any atom is 0.339 e. The first-order valence-electron chi connectivity index (χ1n) is 8.18. The normalized spacial score (nSPS) is 11.2. The van der Waals surface area contributed by atoms with Crippen molar-refractivity contribution in [2.24, 2.45) is 0 Å². The SMILES string of the molecule is O=C(O)c1cc(NCc2ccccc2S(=O)(=O)c2ccc(Cl)cc2)ccc1O.